The fourth-order valence-electron chi connectivity index (χ4n) is 10.2. The van der Waals surface area contributed by atoms with Crippen LogP contribution in [0.1, 0.15) is 86.6 Å². The number of aromatic hydroxyl groups is 1. The van der Waals surface area contributed by atoms with Gasteiger partial charge in [-0.05, 0) is 54.9 Å². The van der Waals surface area contributed by atoms with E-state index in [2.05, 4.69) is 47.5 Å². The largest absolute Gasteiger partial charge is 0.508 e. The Morgan fingerprint density at radius 2 is 1.17 bits per heavy atom. The molecule has 1 saturated heterocycles. The van der Waals surface area contributed by atoms with Gasteiger partial charge >= 0.3 is 23.9 Å². The molecule has 2 heterocycles. The standard InChI is InChI=1S/C60H87F2N15O13/c1-2-50(79)67-22-23-69-60(90)72-59(63)68-19-10-16-49(57(88)70-34-44-46(61)32-43(78)33-47(44)62)71-58(89)56(41-12-5-3-6-13-41)77-35-42-14-9-15-48(45(42)36-77)64-20-11-21-65-51(80)17-7-4-8-18-66-52(81)37-73-24-26-74(38-53(82)83)28-30-76(40-55(86)87)31-29-75(27-25-73)39-54(84)85/h3,5-6,9,12-15,32-33,49,56,64,78H,2,4,7-8,10-11,16-31,34-40H2,1H3,(H,65,80)(H,66,81)(H,67,79)(H,70,88)(H,71,89)(H,82,83)(H,84,85)(H,86,87)(H4,63,68,69,72,90)/t49-,56+/m1/s1. The number of phenols is 1. The number of amides is 7. The van der Waals surface area contributed by atoms with Crippen molar-refractivity contribution >= 4 is 65.1 Å². The van der Waals surface area contributed by atoms with Crippen LogP contribution in [0, 0.1) is 11.6 Å². The summed E-state index contributed by atoms with van der Waals surface area (Å²) in [6.45, 7) is 4.94. The molecule has 2 aliphatic rings. The first kappa shape index (κ1) is 72.2. The van der Waals surface area contributed by atoms with Gasteiger partial charge in [0.25, 0.3) is 0 Å². The van der Waals surface area contributed by atoms with Crippen LogP contribution in [-0.4, -0.2) is 228 Å². The Balaban J connectivity index is 1.08. The number of anilines is 1. The van der Waals surface area contributed by atoms with Crippen LogP contribution in [0.15, 0.2) is 65.7 Å². The van der Waals surface area contributed by atoms with Gasteiger partial charge in [0.15, 0.2) is 5.96 Å². The van der Waals surface area contributed by atoms with Gasteiger partial charge in [0.05, 0.1) is 26.2 Å². The van der Waals surface area contributed by atoms with Crippen molar-refractivity contribution in [1.82, 2.24) is 61.7 Å². The van der Waals surface area contributed by atoms with Crippen LogP contribution >= 0.6 is 0 Å². The predicted molar refractivity (Wildman–Crippen MR) is 328 cm³/mol. The molecule has 3 aromatic rings. The van der Waals surface area contributed by atoms with Crippen molar-refractivity contribution in [3.05, 3.63) is 94.6 Å². The Kier molecular flexibility index (Phi) is 31.1. The van der Waals surface area contributed by atoms with E-state index in [1.54, 1.807) is 45.9 Å². The van der Waals surface area contributed by atoms with Crippen molar-refractivity contribution < 1.29 is 72.4 Å². The number of unbranched alkanes of at least 4 members (excludes halogenated alkanes) is 2. The lowest BCUT2D eigenvalue weighted by atomic mass is 10.0. The summed E-state index contributed by atoms with van der Waals surface area (Å²) in [5.41, 5.74) is 8.82. The lowest BCUT2D eigenvalue weighted by Gasteiger charge is -2.32. The fourth-order valence-corrected chi connectivity index (χ4v) is 10.2. The molecule has 14 N–H and O–H groups in total. The van der Waals surface area contributed by atoms with Gasteiger partial charge in [0.1, 0.15) is 29.5 Å². The number of fused-ring (bicyclic) bond motifs is 1. The summed E-state index contributed by atoms with van der Waals surface area (Å²) in [4.78, 5) is 126. The summed E-state index contributed by atoms with van der Waals surface area (Å²) in [6, 6.07) is 13.4. The molecular formula is C60H87F2N15O13. The van der Waals surface area contributed by atoms with Crippen molar-refractivity contribution in [2.24, 2.45) is 10.7 Å². The number of guanidine groups is 1. The molecule has 2 atom stereocenters. The summed E-state index contributed by atoms with van der Waals surface area (Å²) in [5.74, 6) is -7.97. The number of nitrogens with two attached hydrogens (primary N) is 1. The molecule has 0 radical (unpaired) electrons. The zero-order valence-corrected chi connectivity index (χ0v) is 50.9. The molecule has 0 aromatic heterocycles. The van der Waals surface area contributed by atoms with Gasteiger partial charge in [-0.2, -0.15) is 0 Å². The Labute approximate surface area is 521 Å². The highest BCUT2D eigenvalue weighted by molar-refractivity contribution is 5.95. The van der Waals surface area contributed by atoms with Gasteiger partial charge in [-0.1, -0.05) is 55.8 Å². The monoisotopic (exact) mass is 1260 g/mol. The van der Waals surface area contributed by atoms with Gasteiger partial charge < -0.3 is 63.4 Å². The SMILES string of the molecule is CCC(=O)NCCNC(=O)NC(N)=NCCC[C@@H](NC(=O)[C@H](c1ccccc1)N1Cc2cccc(NCCCNC(=O)CCCCCNC(=O)CN3CCN(CC(=O)O)CCN(CC(=O)O)CCN(CC(=O)O)CC3)c2C1)C(=O)NCc1c(F)cc(O)cc1F. The summed E-state index contributed by atoms with van der Waals surface area (Å²) in [6.07, 6.45) is 3.22. The number of phenolic OH excluding ortho intramolecular Hbond substituents is 1. The van der Waals surface area contributed by atoms with Crippen LogP contribution in [0.4, 0.5) is 19.3 Å². The maximum Gasteiger partial charge on any atom is 0.321 e. The van der Waals surface area contributed by atoms with Gasteiger partial charge in [-0.25, -0.2) is 13.6 Å². The van der Waals surface area contributed by atoms with E-state index in [0.29, 0.717) is 115 Å². The number of nitrogens with one attached hydrogen (secondary N) is 8. The number of carbonyl (C=O) groups excluding carboxylic acids is 6. The maximum absolute atomic E-state index is 14.7. The second-order valence-electron chi connectivity index (χ2n) is 21.9. The number of benzene rings is 3. The average molecular weight is 1260 g/mol. The molecule has 2 aliphatic heterocycles. The third-order valence-electron chi connectivity index (χ3n) is 14.9. The van der Waals surface area contributed by atoms with Crippen LogP contribution in [0.2, 0.25) is 0 Å². The van der Waals surface area contributed by atoms with E-state index in [0.717, 1.165) is 16.8 Å². The number of carboxylic acids is 3. The molecule has 28 nitrogen and oxygen atoms in total. The summed E-state index contributed by atoms with van der Waals surface area (Å²) < 4.78 is 29.5. The Morgan fingerprint density at radius 3 is 1.77 bits per heavy atom. The Morgan fingerprint density at radius 1 is 0.600 bits per heavy atom. The lowest BCUT2D eigenvalue weighted by molar-refractivity contribution is -0.140. The molecular weight excluding hydrogens is 1180 g/mol. The first-order valence-corrected chi connectivity index (χ1v) is 30.3. The number of rotatable bonds is 34. The van der Waals surface area contributed by atoms with Crippen molar-refractivity contribution in [2.45, 2.75) is 90.0 Å². The summed E-state index contributed by atoms with van der Waals surface area (Å²) >= 11 is 0. The number of nitrogens with zero attached hydrogens (tertiary/aromatic N) is 6. The molecule has 0 bridgehead atoms. The molecule has 7 amide bonds. The number of carboxylic acid groups (broad SMARTS) is 3. The van der Waals surface area contributed by atoms with Crippen molar-refractivity contribution in [3.8, 4) is 5.75 Å². The van der Waals surface area contributed by atoms with E-state index in [1.807, 2.05) is 34.1 Å². The van der Waals surface area contributed by atoms with E-state index in [-0.39, 0.29) is 109 Å². The molecule has 0 spiro atoms. The molecule has 90 heavy (non-hydrogen) atoms. The van der Waals surface area contributed by atoms with Crippen molar-refractivity contribution in [2.75, 3.05) is 123 Å². The number of halogens is 2. The average Bonchev–Trinajstić information content (AvgIpc) is 1.66. The van der Waals surface area contributed by atoms with Crippen molar-refractivity contribution in [3.63, 3.8) is 0 Å². The minimum atomic E-state index is -1.24. The van der Waals surface area contributed by atoms with Crippen LogP contribution in [0.5, 0.6) is 5.75 Å². The fraction of sp³-hybridized carbons (Fsp3) is 0.533. The van der Waals surface area contributed by atoms with Gasteiger partial charge in [0, 0.05) is 147 Å². The number of carbonyl (C=O) groups is 9. The van der Waals surface area contributed by atoms with Crippen LogP contribution in [0.25, 0.3) is 0 Å². The highest BCUT2D eigenvalue weighted by Gasteiger charge is 2.35. The zero-order chi connectivity index (χ0) is 65.4. The second kappa shape index (κ2) is 38.7. The molecule has 0 saturated carbocycles. The first-order valence-electron chi connectivity index (χ1n) is 30.3. The summed E-state index contributed by atoms with van der Waals surface area (Å²) in [5, 5.41) is 60.4. The van der Waals surface area contributed by atoms with Crippen molar-refractivity contribution in [1.29, 1.82) is 0 Å². The quantitative estimate of drug-likeness (QED) is 0.0220. The lowest BCUT2D eigenvalue weighted by Crippen LogP contribution is -2.50. The van der Waals surface area contributed by atoms with E-state index in [4.69, 9.17) is 5.73 Å². The minimum absolute atomic E-state index is 0.00311. The van der Waals surface area contributed by atoms with Gasteiger partial charge in [-0.15, -0.1) is 0 Å². The van der Waals surface area contributed by atoms with E-state index < -0.39 is 77.3 Å². The molecule has 5 rings (SSSR count). The summed E-state index contributed by atoms with van der Waals surface area (Å²) in [7, 11) is 0. The smallest absolute Gasteiger partial charge is 0.321 e. The second-order valence-corrected chi connectivity index (χ2v) is 21.9. The number of aliphatic imine (C=N–C) groups is 1. The van der Waals surface area contributed by atoms with E-state index in [1.165, 1.54) is 0 Å². The third kappa shape index (κ3) is 26.6. The molecule has 30 heteroatoms. The zero-order valence-electron chi connectivity index (χ0n) is 50.9. The maximum atomic E-state index is 14.7. The van der Waals surface area contributed by atoms with Gasteiger partial charge in [-0.3, -0.25) is 73.2 Å². The number of hydrogen-bond donors (Lipinski definition) is 13. The molecule has 1 fully saturated rings. The van der Waals surface area contributed by atoms with Gasteiger partial charge in [0.2, 0.25) is 29.5 Å². The number of aliphatic carboxylic acids is 3. The van der Waals surface area contributed by atoms with E-state index >= 15 is 0 Å². The first-order chi connectivity index (χ1) is 43.2. The van der Waals surface area contributed by atoms with Crippen LogP contribution in [-0.2, 0) is 58.0 Å². The van der Waals surface area contributed by atoms with E-state index in [9.17, 15) is 72.4 Å². The highest BCUT2D eigenvalue weighted by atomic mass is 19.1. The Bertz CT molecular complexity index is 2860. The molecule has 494 valence electrons. The highest BCUT2D eigenvalue weighted by Crippen LogP contribution is 2.35. The minimum Gasteiger partial charge on any atom is -0.508 e. The van der Waals surface area contributed by atoms with Crippen LogP contribution in [0.3, 0.4) is 0 Å². The Hall–Kier alpha value is -8.58. The normalized spacial score (nSPS) is 15.4. The molecule has 0 unspecified atom stereocenters. The molecule has 3 aromatic carbocycles. The third-order valence-corrected chi connectivity index (χ3v) is 14.9. The topological polar surface area (TPSA) is 385 Å². The number of urea groups is 1. The molecule has 0 aliphatic carbocycles. The number of hydrogen-bond acceptors (Lipinski definition) is 17. The predicted octanol–water partition coefficient (Wildman–Crippen LogP) is 0.519. The van der Waals surface area contributed by atoms with Crippen LogP contribution < -0.4 is 48.3 Å².